The van der Waals surface area contributed by atoms with Crippen LogP contribution in [0, 0.1) is 0 Å². The van der Waals surface area contributed by atoms with E-state index in [4.69, 9.17) is 5.11 Å². The number of alkyl halides is 2. The fourth-order valence-corrected chi connectivity index (χ4v) is 2.02. The zero-order valence-electron chi connectivity index (χ0n) is 10.3. The van der Waals surface area contributed by atoms with Gasteiger partial charge in [-0.1, -0.05) is 0 Å². The van der Waals surface area contributed by atoms with E-state index in [9.17, 15) is 13.6 Å². The lowest BCUT2D eigenvalue weighted by Gasteiger charge is -2.09. The van der Waals surface area contributed by atoms with Gasteiger partial charge in [-0.15, -0.1) is 0 Å². The van der Waals surface area contributed by atoms with Gasteiger partial charge >= 0.3 is 5.97 Å². The molecule has 0 bridgehead atoms. The van der Waals surface area contributed by atoms with Crippen molar-refractivity contribution in [1.82, 2.24) is 14.5 Å². The average molecular weight is 279 g/mol. The van der Waals surface area contributed by atoms with E-state index < -0.39 is 12.4 Å². The van der Waals surface area contributed by atoms with Gasteiger partial charge in [-0.3, -0.25) is 0 Å². The fraction of sp³-hybridized carbons (Fsp3) is 0.308. The summed E-state index contributed by atoms with van der Waals surface area (Å²) in [6, 6.07) is 1.14. The lowest BCUT2D eigenvalue weighted by atomic mass is 10.2. The molecular weight excluding hydrogens is 268 g/mol. The van der Waals surface area contributed by atoms with Gasteiger partial charge < -0.3 is 9.67 Å². The Morgan fingerprint density at radius 2 is 2.15 bits per heavy atom. The van der Waals surface area contributed by atoms with E-state index in [0.717, 1.165) is 30.8 Å². The topological polar surface area (TPSA) is 68.0 Å². The van der Waals surface area contributed by atoms with E-state index >= 15 is 0 Å². The third-order valence-corrected chi connectivity index (χ3v) is 3.24. The second kappa shape index (κ2) is 4.66. The molecule has 0 atom stereocenters. The monoisotopic (exact) mass is 279 g/mol. The summed E-state index contributed by atoms with van der Waals surface area (Å²) in [6.07, 6.45) is 3.38. The average Bonchev–Trinajstić information content (AvgIpc) is 3.15. The van der Waals surface area contributed by atoms with Gasteiger partial charge in [0.25, 0.3) is 6.43 Å². The van der Waals surface area contributed by atoms with Crippen molar-refractivity contribution in [2.75, 3.05) is 0 Å². The fourth-order valence-electron chi connectivity index (χ4n) is 2.02. The van der Waals surface area contributed by atoms with Gasteiger partial charge in [0, 0.05) is 18.3 Å². The molecule has 0 amide bonds. The van der Waals surface area contributed by atoms with Crippen LogP contribution in [0.25, 0.3) is 5.69 Å². The minimum atomic E-state index is -2.73. The van der Waals surface area contributed by atoms with Crippen LogP contribution in [0.3, 0.4) is 0 Å². The number of carboxylic acid groups (broad SMARTS) is 1. The number of halogens is 2. The van der Waals surface area contributed by atoms with Crippen molar-refractivity contribution in [3.8, 4) is 5.69 Å². The van der Waals surface area contributed by atoms with Crippen molar-refractivity contribution in [2.45, 2.75) is 25.2 Å². The molecule has 1 saturated carbocycles. The summed E-state index contributed by atoms with van der Waals surface area (Å²) in [5.74, 6) is -0.860. The van der Waals surface area contributed by atoms with E-state index in [0.29, 0.717) is 5.92 Å². The number of nitrogens with zero attached hydrogens (tertiary/aromatic N) is 3. The van der Waals surface area contributed by atoms with Crippen molar-refractivity contribution in [3.63, 3.8) is 0 Å². The Kier molecular flexibility index (Phi) is 2.96. The smallest absolute Gasteiger partial charge is 0.354 e. The van der Waals surface area contributed by atoms with Gasteiger partial charge in [0.05, 0.1) is 23.3 Å². The first-order chi connectivity index (χ1) is 9.56. The first-order valence-electron chi connectivity index (χ1n) is 6.12. The highest BCUT2D eigenvalue weighted by Crippen LogP contribution is 2.39. The summed E-state index contributed by atoms with van der Waals surface area (Å²) in [4.78, 5) is 18.6. The van der Waals surface area contributed by atoms with Gasteiger partial charge in [-0.2, -0.15) is 0 Å². The van der Waals surface area contributed by atoms with Crippen LogP contribution >= 0.6 is 0 Å². The van der Waals surface area contributed by atoms with Crippen molar-refractivity contribution < 1.29 is 18.7 Å². The number of rotatable bonds is 4. The highest BCUT2D eigenvalue weighted by molar-refractivity contribution is 5.86. The number of hydrogen-bond acceptors (Lipinski definition) is 3. The molecule has 1 fully saturated rings. The van der Waals surface area contributed by atoms with Crippen LogP contribution in [0.5, 0.6) is 0 Å². The van der Waals surface area contributed by atoms with Crippen LogP contribution in [-0.4, -0.2) is 25.6 Å². The SMILES string of the molecule is O=C(O)c1cc(-n2cnc(C3CC3)c2)c(C(F)F)cn1. The molecule has 2 heterocycles. The molecule has 0 aliphatic heterocycles. The zero-order valence-corrected chi connectivity index (χ0v) is 10.3. The normalized spacial score (nSPS) is 14.8. The molecule has 2 aromatic rings. The first-order valence-corrected chi connectivity index (χ1v) is 6.12. The second-order valence-corrected chi connectivity index (χ2v) is 4.71. The third kappa shape index (κ3) is 2.26. The Hall–Kier alpha value is -2.31. The summed E-state index contributed by atoms with van der Waals surface area (Å²) in [5, 5.41) is 8.91. The molecule has 5 nitrogen and oxygen atoms in total. The summed E-state index contributed by atoms with van der Waals surface area (Å²) in [6.45, 7) is 0. The first kappa shape index (κ1) is 12.7. The number of hydrogen-bond donors (Lipinski definition) is 1. The van der Waals surface area contributed by atoms with Gasteiger partial charge in [-0.25, -0.2) is 23.5 Å². The molecule has 3 rings (SSSR count). The van der Waals surface area contributed by atoms with Crippen LogP contribution in [0.15, 0.2) is 24.8 Å². The number of carboxylic acids is 1. The Labute approximate surface area is 112 Å². The quantitative estimate of drug-likeness (QED) is 0.934. The predicted octanol–water partition coefficient (Wildman–Crippen LogP) is 2.78. The highest BCUT2D eigenvalue weighted by atomic mass is 19.3. The minimum Gasteiger partial charge on any atom is -0.477 e. The van der Waals surface area contributed by atoms with E-state index in [1.807, 2.05) is 0 Å². The van der Waals surface area contributed by atoms with Crippen molar-refractivity contribution in [1.29, 1.82) is 0 Å². The largest absolute Gasteiger partial charge is 0.477 e. The molecule has 1 N–H and O–H groups in total. The lowest BCUT2D eigenvalue weighted by molar-refractivity contribution is 0.0689. The van der Waals surface area contributed by atoms with Gasteiger partial charge in [-0.05, 0) is 18.9 Å². The summed E-state index contributed by atoms with van der Waals surface area (Å²) in [7, 11) is 0. The van der Waals surface area contributed by atoms with Crippen LogP contribution < -0.4 is 0 Å². The van der Waals surface area contributed by atoms with E-state index in [1.165, 1.54) is 10.9 Å². The highest BCUT2D eigenvalue weighted by Gasteiger charge is 2.26. The van der Waals surface area contributed by atoms with E-state index in [1.54, 1.807) is 6.20 Å². The Balaban J connectivity index is 2.07. The molecule has 7 heteroatoms. The van der Waals surface area contributed by atoms with E-state index in [2.05, 4.69) is 9.97 Å². The Morgan fingerprint density at radius 1 is 1.40 bits per heavy atom. The van der Waals surface area contributed by atoms with Crippen LogP contribution in [0.1, 0.15) is 46.9 Å². The zero-order chi connectivity index (χ0) is 14.3. The van der Waals surface area contributed by atoms with Gasteiger partial charge in [0.2, 0.25) is 0 Å². The minimum absolute atomic E-state index is 0.104. The number of aromatic carboxylic acids is 1. The molecule has 1 aliphatic carbocycles. The van der Waals surface area contributed by atoms with Gasteiger partial charge in [0.1, 0.15) is 5.69 Å². The third-order valence-electron chi connectivity index (χ3n) is 3.24. The molecule has 0 radical (unpaired) electrons. The predicted molar refractivity (Wildman–Crippen MR) is 65.3 cm³/mol. The number of carbonyl (C=O) groups is 1. The van der Waals surface area contributed by atoms with Crippen molar-refractivity contribution in [3.05, 3.63) is 41.7 Å². The van der Waals surface area contributed by atoms with Crippen molar-refractivity contribution >= 4 is 5.97 Å². The Bertz CT molecular complexity index is 665. The number of pyridine rings is 1. The molecule has 2 aromatic heterocycles. The number of aromatic nitrogens is 3. The van der Waals surface area contributed by atoms with Crippen LogP contribution in [0.4, 0.5) is 8.78 Å². The standard InChI is InChI=1S/C13H11F2N3O2/c14-12(15)8-4-16-9(13(19)20)3-11(8)18-5-10(17-6-18)7-1-2-7/h3-7,12H,1-2H2,(H,19,20). The Morgan fingerprint density at radius 3 is 2.75 bits per heavy atom. The van der Waals surface area contributed by atoms with Gasteiger partial charge in [0.15, 0.2) is 0 Å². The lowest BCUT2D eigenvalue weighted by Crippen LogP contribution is -2.06. The molecule has 104 valence electrons. The molecular formula is C13H11F2N3O2. The summed E-state index contributed by atoms with van der Waals surface area (Å²) < 4.78 is 27.4. The summed E-state index contributed by atoms with van der Waals surface area (Å²) >= 11 is 0. The maximum atomic E-state index is 13.0. The summed E-state index contributed by atoms with van der Waals surface area (Å²) in [5.41, 5.74) is 0.367. The van der Waals surface area contributed by atoms with Crippen molar-refractivity contribution in [2.24, 2.45) is 0 Å². The molecule has 0 saturated heterocycles. The molecule has 1 aliphatic rings. The molecule has 0 spiro atoms. The molecule has 0 aromatic carbocycles. The van der Waals surface area contributed by atoms with Crippen LogP contribution in [-0.2, 0) is 0 Å². The maximum absolute atomic E-state index is 13.0. The number of imidazole rings is 1. The maximum Gasteiger partial charge on any atom is 0.354 e. The second-order valence-electron chi connectivity index (χ2n) is 4.71. The molecule has 20 heavy (non-hydrogen) atoms. The van der Waals surface area contributed by atoms with Crippen LogP contribution in [0.2, 0.25) is 0 Å². The van der Waals surface area contributed by atoms with E-state index in [-0.39, 0.29) is 16.9 Å². The molecule has 0 unspecified atom stereocenters.